The lowest BCUT2D eigenvalue weighted by Gasteiger charge is -2.62. The van der Waals surface area contributed by atoms with Crippen LogP contribution in [-0.2, 0) is 4.79 Å². The molecule has 0 amide bonds. The average molecular weight is 350 g/mol. The lowest BCUT2D eigenvalue weighted by Crippen LogP contribution is -2.61. The van der Waals surface area contributed by atoms with Crippen molar-refractivity contribution in [2.24, 2.45) is 34.5 Å². The van der Waals surface area contributed by atoms with Crippen molar-refractivity contribution < 1.29 is 20.1 Å². The van der Waals surface area contributed by atoms with Crippen molar-refractivity contribution in [3.63, 3.8) is 0 Å². The number of rotatable bonds is 1. The lowest BCUT2D eigenvalue weighted by molar-refractivity contribution is -0.189. The quantitative estimate of drug-likeness (QED) is 0.679. The molecular weight excluding hydrogens is 316 g/mol. The van der Waals surface area contributed by atoms with Crippen LogP contribution in [0.25, 0.3) is 0 Å². The van der Waals surface area contributed by atoms with Gasteiger partial charge in [0.15, 0.2) is 5.78 Å². The van der Waals surface area contributed by atoms with Crippen LogP contribution in [0, 0.1) is 34.5 Å². The van der Waals surface area contributed by atoms with Crippen molar-refractivity contribution in [1.29, 1.82) is 0 Å². The molecule has 0 spiro atoms. The van der Waals surface area contributed by atoms with Gasteiger partial charge in [-0.3, -0.25) is 4.79 Å². The molecule has 0 unspecified atom stereocenters. The highest BCUT2D eigenvalue weighted by Crippen LogP contribution is 2.68. The number of aliphatic hydroxyl groups is 3. The van der Waals surface area contributed by atoms with E-state index in [0.717, 1.165) is 44.9 Å². The summed E-state index contributed by atoms with van der Waals surface area (Å²) in [4.78, 5) is 12.3. The molecule has 0 aromatic heterocycles. The van der Waals surface area contributed by atoms with Gasteiger partial charge in [-0.15, -0.1) is 0 Å². The van der Waals surface area contributed by atoms with Gasteiger partial charge >= 0.3 is 0 Å². The zero-order chi connectivity index (χ0) is 18.2. The summed E-state index contributed by atoms with van der Waals surface area (Å²) in [7, 11) is 0. The Bertz CT molecular complexity index is 576. The largest absolute Gasteiger partial charge is 0.393 e. The van der Waals surface area contributed by atoms with Gasteiger partial charge in [-0.25, -0.2) is 0 Å². The molecule has 0 aliphatic heterocycles. The molecule has 0 aromatic carbocycles. The number of hydrogen-bond acceptors (Lipinski definition) is 4. The topological polar surface area (TPSA) is 77.8 Å². The molecule has 0 saturated heterocycles. The molecule has 3 N–H and O–H groups in total. The minimum Gasteiger partial charge on any atom is -0.393 e. The number of carbonyl (C=O) groups excluding carboxylic acids is 1. The lowest BCUT2D eigenvalue weighted by atomic mass is 9.43. The van der Waals surface area contributed by atoms with Crippen molar-refractivity contribution in [1.82, 2.24) is 0 Å². The second-order valence-electron chi connectivity index (χ2n) is 10.1. The molecule has 25 heavy (non-hydrogen) atoms. The number of Topliss-reactive ketones (excluding diaryl/α,β-unsaturated/α-hetero) is 1. The molecule has 4 saturated carbocycles. The highest BCUT2D eigenvalue weighted by atomic mass is 16.3. The summed E-state index contributed by atoms with van der Waals surface area (Å²) in [6.07, 6.45) is 6.07. The molecule has 0 bridgehead atoms. The summed E-state index contributed by atoms with van der Waals surface area (Å²) in [5.74, 6) is 1.35. The van der Waals surface area contributed by atoms with Crippen LogP contribution in [0.3, 0.4) is 0 Å². The first-order valence-electron chi connectivity index (χ1n) is 10.2. The van der Waals surface area contributed by atoms with Crippen molar-refractivity contribution >= 4 is 5.78 Å². The number of ketones is 1. The van der Waals surface area contributed by atoms with E-state index in [9.17, 15) is 20.1 Å². The number of aliphatic hydroxyl groups excluding tert-OH is 2. The first-order valence-corrected chi connectivity index (χ1v) is 10.2. The summed E-state index contributed by atoms with van der Waals surface area (Å²) in [6, 6.07) is 0. The highest BCUT2D eigenvalue weighted by Gasteiger charge is 2.67. The van der Waals surface area contributed by atoms with Gasteiger partial charge in [0.1, 0.15) is 5.60 Å². The van der Waals surface area contributed by atoms with Gasteiger partial charge in [-0.05, 0) is 87.4 Å². The minimum atomic E-state index is -1.19. The first kappa shape index (κ1) is 17.9. The molecule has 4 aliphatic carbocycles. The molecule has 4 nitrogen and oxygen atoms in total. The number of fused-ring (bicyclic) bond motifs is 5. The van der Waals surface area contributed by atoms with Crippen LogP contribution >= 0.6 is 0 Å². The van der Waals surface area contributed by atoms with Gasteiger partial charge in [0.2, 0.25) is 0 Å². The Hall–Kier alpha value is -0.450. The molecule has 9 atom stereocenters. The Balaban J connectivity index is 1.68. The summed E-state index contributed by atoms with van der Waals surface area (Å²) >= 11 is 0. The predicted octanol–water partition coefficient (Wildman–Crippen LogP) is 2.68. The van der Waals surface area contributed by atoms with E-state index >= 15 is 0 Å². The number of hydrogen-bond donors (Lipinski definition) is 3. The maximum atomic E-state index is 12.3. The molecule has 4 heteroatoms. The Morgan fingerprint density at radius 1 is 0.920 bits per heavy atom. The van der Waals surface area contributed by atoms with Crippen LogP contribution in [0.1, 0.15) is 72.1 Å². The third kappa shape index (κ3) is 2.20. The van der Waals surface area contributed by atoms with E-state index in [2.05, 4.69) is 13.8 Å². The van der Waals surface area contributed by atoms with E-state index in [1.54, 1.807) is 0 Å². The van der Waals surface area contributed by atoms with Crippen LogP contribution in [-0.4, -0.2) is 38.9 Å². The van der Waals surface area contributed by atoms with Gasteiger partial charge in [0, 0.05) is 5.41 Å². The maximum Gasteiger partial charge on any atom is 0.161 e. The van der Waals surface area contributed by atoms with Crippen LogP contribution in [0.5, 0.6) is 0 Å². The zero-order valence-electron chi connectivity index (χ0n) is 15.9. The molecule has 0 radical (unpaired) electrons. The van der Waals surface area contributed by atoms with Crippen LogP contribution < -0.4 is 0 Å². The van der Waals surface area contributed by atoms with Crippen LogP contribution in [0.2, 0.25) is 0 Å². The van der Waals surface area contributed by atoms with E-state index in [1.807, 2.05) is 0 Å². The van der Waals surface area contributed by atoms with Gasteiger partial charge in [0.25, 0.3) is 0 Å². The smallest absolute Gasteiger partial charge is 0.161 e. The Morgan fingerprint density at radius 2 is 1.60 bits per heavy atom. The van der Waals surface area contributed by atoms with Gasteiger partial charge in [0.05, 0.1) is 12.2 Å². The van der Waals surface area contributed by atoms with E-state index in [4.69, 9.17) is 0 Å². The van der Waals surface area contributed by atoms with Crippen molar-refractivity contribution in [2.75, 3.05) is 0 Å². The average Bonchev–Trinajstić information content (AvgIpc) is 2.83. The third-order valence-corrected chi connectivity index (χ3v) is 9.39. The minimum absolute atomic E-state index is 0.0832. The second kappa shape index (κ2) is 5.53. The van der Waals surface area contributed by atoms with Gasteiger partial charge < -0.3 is 15.3 Å². The molecule has 142 valence electrons. The fraction of sp³-hybridized carbons (Fsp3) is 0.952. The summed E-state index contributed by atoms with van der Waals surface area (Å²) in [6.45, 7) is 5.99. The molecule has 4 aliphatic rings. The first-order chi connectivity index (χ1) is 11.6. The zero-order valence-corrected chi connectivity index (χ0v) is 15.9. The van der Waals surface area contributed by atoms with Gasteiger partial charge in [-0.1, -0.05) is 13.8 Å². The molecule has 0 aromatic rings. The normalized spacial score (nSPS) is 58.2. The summed E-state index contributed by atoms with van der Waals surface area (Å²) < 4.78 is 0. The molecular formula is C21H34O4. The Labute approximate surface area is 151 Å². The monoisotopic (exact) mass is 350 g/mol. The molecule has 4 rings (SSSR count). The van der Waals surface area contributed by atoms with Crippen molar-refractivity contribution in [2.45, 2.75) is 89.9 Å². The van der Waals surface area contributed by atoms with E-state index < -0.39 is 5.60 Å². The number of carbonyl (C=O) groups is 1. The third-order valence-electron chi connectivity index (χ3n) is 9.39. The summed E-state index contributed by atoms with van der Waals surface area (Å²) in [5.41, 5.74) is -1.45. The standard InChI is InChI=1S/C21H34O4/c1-12(22)21(25)9-6-16-14-11-18(24)17-10-13(23)4-7-19(17,2)15(14)5-8-20(16,21)3/h13-18,23-25H,4-11H2,1-3H3/t13-,14-,15-,16-,17+,18+,19+,20+,21+/m1/s1. The second-order valence-corrected chi connectivity index (χ2v) is 10.1. The summed E-state index contributed by atoms with van der Waals surface area (Å²) in [5, 5.41) is 32.2. The predicted molar refractivity (Wildman–Crippen MR) is 94.8 cm³/mol. The van der Waals surface area contributed by atoms with Crippen LogP contribution in [0.4, 0.5) is 0 Å². The Morgan fingerprint density at radius 3 is 2.28 bits per heavy atom. The highest BCUT2D eigenvalue weighted by molar-refractivity contribution is 5.86. The van der Waals surface area contributed by atoms with E-state index in [-0.39, 0.29) is 34.7 Å². The van der Waals surface area contributed by atoms with Crippen LogP contribution in [0.15, 0.2) is 0 Å². The maximum absolute atomic E-state index is 12.3. The fourth-order valence-electron chi connectivity index (χ4n) is 7.87. The van der Waals surface area contributed by atoms with Crippen molar-refractivity contribution in [3.8, 4) is 0 Å². The van der Waals surface area contributed by atoms with E-state index in [0.29, 0.717) is 24.2 Å². The SMILES string of the molecule is CC(=O)[C@@]1(O)CC[C@@H]2[C@@H]3C[C@H](O)[C@@H]4C[C@H](O)CC[C@@]4(C)[C@@H]3CC[C@@]21C. The van der Waals surface area contributed by atoms with Crippen molar-refractivity contribution in [3.05, 3.63) is 0 Å². The molecule has 4 fully saturated rings. The van der Waals surface area contributed by atoms with E-state index in [1.165, 1.54) is 6.92 Å². The molecule has 0 heterocycles. The van der Waals surface area contributed by atoms with Gasteiger partial charge in [-0.2, -0.15) is 0 Å². The Kier molecular flexibility index (Phi) is 3.97. The fourth-order valence-corrected chi connectivity index (χ4v) is 7.87.